The van der Waals surface area contributed by atoms with Gasteiger partial charge in [0.2, 0.25) is 0 Å². The predicted molar refractivity (Wildman–Crippen MR) is 68.1 cm³/mol. The number of carboxylic acids is 1. The maximum absolute atomic E-state index is 11.0. The van der Waals surface area contributed by atoms with Gasteiger partial charge in [0.15, 0.2) is 0 Å². The topological polar surface area (TPSA) is 96.6 Å². The number of aromatic nitrogens is 1. The molecule has 0 spiro atoms. The Hall–Kier alpha value is -2.18. The molecule has 1 aliphatic rings. The van der Waals surface area contributed by atoms with Crippen molar-refractivity contribution >= 4 is 17.5 Å². The second kappa shape index (κ2) is 5.64. The van der Waals surface area contributed by atoms with Gasteiger partial charge in [-0.1, -0.05) is 12.8 Å². The minimum Gasteiger partial charge on any atom is -0.480 e. The number of nitrogens with zero attached hydrogens (tertiary/aromatic N) is 3. The maximum atomic E-state index is 11.0. The molecule has 7 nitrogen and oxygen atoms in total. The molecule has 1 heterocycles. The van der Waals surface area contributed by atoms with Gasteiger partial charge >= 0.3 is 5.97 Å². The first kappa shape index (κ1) is 13.3. The molecule has 1 N–H and O–H groups in total. The van der Waals surface area contributed by atoms with Gasteiger partial charge in [-0.2, -0.15) is 0 Å². The van der Waals surface area contributed by atoms with E-state index in [1.165, 1.54) is 18.3 Å². The Kier molecular flexibility index (Phi) is 3.94. The molecule has 1 saturated carbocycles. The molecule has 0 bridgehead atoms. The summed E-state index contributed by atoms with van der Waals surface area (Å²) in [6.07, 6.45) is 5.25. The number of carbonyl (C=O) groups is 1. The molecule has 0 radical (unpaired) electrons. The average molecular weight is 265 g/mol. The predicted octanol–water partition coefficient (Wildman–Crippen LogP) is 1.82. The van der Waals surface area contributed by atoms with Gasteiger partial charge in [-0.3, -0.25) is 14.9 Å². The van der Waals surface area contributed by atoms with Gasteiger partial charge in [0.25, 0.3) is 5.69 Å². The second-order valence-electron chi connectivity index (χ2n) is 4.59. The van der Waals surface area contributed by atoms with Crippen LogP contribution in [0.15, 0.2) is 18.3 Å². The van der Waals surface area contributed by atoms with Crippen molar-refractivity contribution in [3.8, 4) is 0 Å². The summed E-state index contributed by atoms with van der Waals surface area (Å²) >= 11 is 0. The molecule has 2 rings (SSSR count). The molecule has 1 aromatic heterocycles. The van der Waals surface area contributed by atoms with E-state index in [0.29, 0.717) is 5.82 Å². The minimum atomic E-state index is -0.958. The van der Waals surface area contributed by atoms with E-state index in [4.69, 9.17) is 5.11 Å². The van der Waals surface area contributed by atoms with Gasteiger partial charge < -0.3 is 10.0 Å². The molecule has 1 aliphatic carbocycles. The lowest BCUT2D eigenvalue weighted by molar-refractivity contribution is -0.384. The zero-order valence-corrected chi connectivity index (χ0v) is 10.4. The van der Waals surface area contributed by atoms with Crippen molar-refractivity contribution in [2.24, 2.45) is 0 Å². The zero-order chi connectivity index (χ0) is 13.8. The first-order valence-corrected chi connectivity index (χ1v) is 6.17. The molecule has 7 heteroatoms. The number of pyridine rings is 1. The Balaban J connectivity index is 2.28. The molecule has 102 valence electrons. The van der Waals surface area contributed by atoms with Crippen LogP contribution in [0.25, 0.3) is 0 Å². The molecular formula is C12H15N3O4. The molecular weight excluding hydrogens is 250 g/mol. The molecule has 0 aliphatic heterocycles. The van der Waals surface area contributed by atoms with Crippen LogP contribution in [-0.2, 0) is 4.79 Å². The number of carboxylic acid groups (broad SMARTS) is 1. The van der Waals surface area contributed by atoms with Gasteiger partial charge in [-0.15, -0.1) is 0 Å². The van der Waals surface area contributed by atoms with Crippen molar-refractivity contribution in [2.75, 3.05) is 11.4 Å². The van der Waals surface area contributed by atoms with Crippen LogP contribution in [0, 0.1) is 10.1 Å². The van der Waals surface area contributed by atoms with Crippen molar-refractivity contribution in [3.05, 3.63) is 28.4 Å². The Morgan fingerprint density at radius 3 is 2.79 bits per heavy atom. The smallest absolute Gasteiger partial charge is 0.323 e. The third-order valence-electron chi connectivity index (χ3n) is 3.31. The van der Waals surface area contributed by atoms with Crippen LogP contribution < -0.4 is 4.90 Å². The highest BCUT2D eigenvalue weighted by molar-refractivity contribution is 5.73. The van der Waals surface area contributed by atoms with E-state index in [2.05, 4.69) is 4.98 Å². The van der Waals surface area contributed by atoms with Crippen LogP contribution >= 0.6 is 0 Å². The highest BCUT2D eigenvalue weighted by atomic mass is 16.6. The van der Waals surface area contributed by atoms with Gasteiger partial charge in [0.1, 0.15) is 12.4 Å². The van der Waals surface area contributed by atoms with Crippen LogP contribution in [-0.4, -0.2) is 33.6 Å². The summed E-state index contributed by atoms with van der Waals surface area (Å²) in [5.74, 6) is -0.594. The Morgan fingerprint density at radius 2 is 2.21 bits per heavy atom. The fourth-order valence-electron chi connectivity index (χ4n) is 2.44. The molecule has 0 unspecified atom stereocenters. The Bertz CT molecular complexity index is 486. The van der Waals surface area contributed by atoms with E-state index in [9.17, 15) is 14.9 Å². The molecule has 0 amide bonds. The van der Waals surface area contributed by atoms with E-state index < -0.39 is 10.9 Å². The molecule has 1 aromatic rings. The summed E-state index contributed by atoms with van der Waals surface area (Å²) in [6, 6.07) is 2.74. The lowest BCUT2D eigenvalue weighted by Crippen LogP contribution is -2.38. The number of rotatable bonds is 5. The fourth-order valence-corrected chi connectivity index (χ4v) is 2.44. The number of hydrogen-bond acceptors (Lipinski definition) is 5. The highest BCUT2D eigenvalue weighted by Crippen LogP contribution is 2.28. The number of aliphatic carboxylic acids is 1. The zero-order valence-electron chi connectivity index (χ0n) is 10.4. The van der Waals surface area contributed by atoms with Crippen LogP contribution in [0.3, 0.4) is 0 Å². The summed E-state index contributed by atoms with van der Waals surface area (Å²) in [5.41, 5.74) is -0.0709. The first-order chi connectivity index (χ1) is 9.08. The molecule has 19 heavy (non-hydrogen) atoms. The quantitative estimate of drug-likeness (QED) is 0.644. The lowest BCUT2D eigenvalue weighted by Gasteiger charge is -2.28. The van der Waals surface area contributed by atoms with Crippen molar-refractivity contribution in [1.29, 1.82) is 0 Å². The Labute approximate surface area is 110 Å². The minimum absolute atomic E-state index is 0.0709. The third kappa shape index (κ3) is 3.18. The van der Waals surface area contributed by atoms with E-state index in [1.807, 2.05) is 0 Å². The number of nitro groups is 1. The summed E-state index contributed by atoms with van der Waals surface area (Å²) in [6.45, 7) is -0.182. The lowest BCUT2D eigenvalue weighted by atomic mass is 10.2. The van der Waals surface area contributed by atoms with Crippen molar-refractivity contribution in [1.82, 2.24) is 4.98 Å². The van der Waals surface area contributed by atoms with Crippen LogP contribution in [0.4, 0.5) is 11.5 Å². The van der Waals surface area contributed by atoms with Gasteiger partial charge in [0.05, 0.1) is 11.0 Å². The standard InChI is InChI=1S/C12H15N3O4/c16-12(17)8-14(9-3-1-2-4-9)11-7-10(15(18)19)5-6-13-11/h5-7,9H,1-4,8H2,(H,16,17). The van der Waals surface area contributed by atoms with Crippen molar-refractivity contribution in [2.45, 2.75) is 31.7 Å². The Morgan fingerprint density at radius 1 is 1.53 bits per heavy atom. The number of hydrogen-bond donors (Lipinski definition) is 1. The molecule has 1 fully saturated rings. The van der Waals surface area contributed by atoms with E-state index in [1.54, 1.807) is 4.90 Å². The highest BCUT2D eigenvalue weighted by Gasteiger charge is 2.26. The fraction of sp³-hybridized carbons (Fsp3) is 0.500. The van der Waals surface area contributed by atoms with Gasteiger partial charge in [-0.05, 0) is 12.8 Å². The summed E-state index contributed by atoms with van der Waals surface area (Å²) < 4.78 is 0. The van der Waals surface area contributed by atoms with Crippen LogP contribution in [0.2, 0.25) is 0 Å². The number of anilines is 1. The summed E-state index contributed by atoms with van der Waals surface area (Å²) in [4.78, 5) is 26.9. The van der Waals surface area contributed by atoms with E-state index >= 15 is 0 Å². The summed E-state index contributed by atoms with van der Waals surface area (Å²) in [7, 11) is 0. The largest absolute Gasteiger partial charge is 0.480 e. The maximum Gasteiger partial charge on any atom is 0.323 e. The van der Waals surface area contributed by atoms with E-state index in [0.717, 1.165) is 25.7 Å². The summed E-state index contributed by atoms with van der Waals surface area (Å²) in [5, 5.41) is 19.7. The first-order valence-electron chi connectivity index (χ1n) is 6.17. The second-order valence-corrected chi connectivity index (χ2v) is 4.59. The molecule has 0 aromatic carbocycles. The van der Waals surface area contributed by atoms with Crippen LogP contribution in [0.1, 0.15) is 25.7 Å². The third-order valence-corrected chi connectivity index (χ3v) is 3.31. The monoisotopic (exact) mass is 265 g/mol. The average Bonchev–Trinajstić information content (AvgIpc) is 2.89. The van der Waals surface area contributed by atoms with Gasteiger partial charge in [-0.25, -0.2) is 4.98 Å². The molecule has 0 saturated heterocycles. The van der Waals surface area contributed by atoms with Crippen LogP contribution in [0.5, 0.6) is 0 Å². The SMILES string of the molecule is O=C(O)CN(c1cc([N+](=O)[O-])ccn1)C1CCCC1. The molecule has 0 atom stereocenters. The van der Waals surface area contributed by atoms with Crippen molar-refractivity contribution < 1.29 is 14.8 Å². The van der Waals surface area contributed by atoms with E-state index in [-0.39, 0.29) is 18.3 Å². The van der Waals surface area contributed by atoms with Crippen molar-refractivity contribution in [3.63, 3.8) is 0 Å². The normalized spacial score (nSPS) is 15.4. The van der Waals surface area contributed by atoms with Gasteiger partial charge in [0, 0.05) is 18.3 Å².